The van der Waals surface area contributed by atoms with E-state index in [1.54, 1.807) is 17.0 Å². The predicted molar refractivity (Wildman–Crippen MR) is 122 cm³/mol. The maximum absolute atomic E-state index is 13.1. The molecule has 0 radical (unpaired) electrons. The minimum absolute atomic E-state index is 0.0449. The van der Waals surface area contributed by atoms with E-state index in [9.17, 15) is 14.0 Å². The summed E-state index contributed by atoms with van der Waals surface area (Å²) in [4.78, 5) is 27.4. The largest absolute Gasteiger partial charge is 0.354 e. The summed E-state index contributed by atoms with van der Waals surface area (Å²) < 4.78 is 13.1. The third-order valence-corrected chi connectivity index (χ3v) is 5.82. The first-order chi connectivity index (χ1) is 14.5. The second-order valence-corrected chi connectivity index (χ2v) is 8.14. The van der Waals surface area contributed by atoms with Gasteiger partial charge < -0.3 is 10.2 Å². The van der Waals surface area contributed by atoms with E-state index in [-0.39, 0.29) is 23.4 Å². The van der Waals surface area contributed by atoms with Gasteiger partial charge in [0.2, 0.25) is 11.8 Å². The average Bonchev–Trinajstić information content (AvgIpc) is 2.77. The molecule has 0 aliphatic rings. The van der Waals surface area contributed by atoms with Gasteiger partial charge in [-0.3, -0.25) is 9.59 Å². The van der Waals surface area contributed by atoms with Crippen molar-refractivity contribution in [3.05, 3.63) is 71.5 Å². The van der Waals surface area contributed by atoms with Gasteiger partial charge in [0.15, 0.2) is 0 Å². The van der Waals surface area contributed by atoms with Gasteiger partial charge in [-0.05, 0) is 42.5 Å². The molecule has 0 unspecified atom stereocenters. The van der Waals surface area contributed by atoms with Gasteiger partial charge in [-0.2, -0.15) is 0 Å². The summed E-state index contributed by atoms with van der Waals surface area (Å²) in [5.74, 6) is 0.498. The van der Waals surface area contributed by atoms with Crippen LogP contribution < -0.4 is 5.32 Å². The maximum atomic E-state index is 13.1. The third-order valence-electron chi connectivity index (χ3n) is 4.83. The second kappa shape index (κ2) is 13.1. The zero-order valence-electron chi connectivity index (χ0n) is 17.8. The Hall–Kier alpha value is -2.34. The molecule has 0 heterocycles. The summed E-state index contributed by atoms with van der Waals surface area (Å²) >= 11 is 1.48. The van der Waals surface area contributed by atoms with Crippen molar-refractivity contribution >= 4 is 23.6 Å². The minimum Gasteiger partial charge on any atom is -0.354 e. The molecule has 2 amide bonds. The molecule has 0 aliphatic carbocycles. The number of rotatable bonds is 12. The maximum Gasteiger partial charge on any atom is 0.242 e. The third kappa shape index (κ3) is 7.82. The molecule has 2 aromatic carbocycles. The van der Waals surface area contributed by atoms with Crippen molar-refractivity contribution in [1.82, 2.24) is 10.2 Å². The Morgan fingerprint density at radius 1 is 1.03 bits per heavy atom. The van der Waals surface area contributed by atoms with Crippen LogP contribution in [0.15, 0.2) is 54.6 Å². The summed E-state index contributed by atoms with van der Waals surface area (Å²) in [6.07, 6.45) is 2.12. The summed E-state index contributed by atoms with van der Waals surface area (Å²) in [6, 6.07) is 15.8. The number of thioether (sulfide) groups is 1. The molecule has 30 heavy (non-hydrogen) atoms. The van der Waals surface area contributed by atoms with Crippen molar-refractivity contribution in [1.29, 1.82) is 0 Å². The number of hydrogen-bond acceptors (Lipinski definition) is 3. The number of nitrogens with one attached hydrogen (secondary N) is 1. The lowest BCUT2D eigenvalue weighted by atomic mass is 10.1. The Morgan fingerprint density at radius 3 is 2.37 bits per heavy atom. The molecule has 2 rings (SSSR count). The smallest absolute Gasteiger partial charge is 0.242 e. The molecule has 162 valence electrons. The van der Waals surface area contributed by atoms with Crippen LogP contribution in [0.25, 0.3) is 0 Å². The number of benzene rings is 2. The van der Waals surface area contributed by atoms with E-state index >= 15 is 0 Å². The highest BCUT2D eigenvalue weighted by Gasteiger charge is 2.27. The van der Waals surface area contributed by atoms with E-state index in [1.165, 1.54) is 23.9 Å². The molecular weight excluding hydrogens is 399 g/mol. The summed E-state index contributed by atoms with van der Waals surface area (Å²) in [7, 11) is 0. The quantitative estimate of drug-likeness (QED) is 0.542. The number of carbonyl (C=O) groups excluding carboxylic acids is 2. The highest BCUT2D eigenvalue weighted by molar-refractivity contribution is 7.99. The fourth-order valence-electron chi connectivity index (χ4n) is 3.18. The molecule has 0 spiro atoms. The van der Waals surface area contributed by atoms with Crippen molar-refractivity contribution in [2.45, 2.75) is 44.9 Å². The lowest BCUT2D eigenvalue weighted by Crippen LogP contribution is -2.50. The number of amides is 2. The summed E-state index contributed by atoms with van der Waals surface area (Å²) in [5, 5.41) is 2.93. The number of nitrogens with zero attached hydrogens (tertiary/aromatic N) is 1. The van der Waals surface area contributed by atoms with Gasteiger partial charge in [0.1, 0.15) is 11.9 Å². The Bertz CT molecular complexity index is 784. The Morgan fingerprint density at radius 2 is 1.73 bits per heavy atom. The van der Waals surface area contributed by atoms with Crippen LogP contribution in [0.2, 0.25) is 0 Å². The van der Waals surface area contributed by atoms with Crippen LogP contribution in [0.1, 0.15) is 37.8 Å². The first kappa shape index (κ1) is 23.9. The first-order valence-corrected chi connectivity index (χ1v) is 11.6. The van der Waals surface area contributed by atoms with E-state index in [1.807, 2.05) is 44.2 Å². The number of carbonyl (C=O) groups is 2. The van der Waals surface area contributed by atoms with Crippen LogP contribution in [0, 0.1) is 5.82 Å². The van der Waals surface area contributed by atoms with Crippen molar-refractivity contribution in [2.75, 3.05) is 18.8 Å². The van der Waals surface area contributed by atoms with E-state index in [4.69, 9.17) is 0 Å². The monoisotopic (exact) mass is 430 g/mol. The first-order valence-electron chi connectivity index (χ1n) is 10.5. The molecule has 0 bridgehead atoms. The molecule has 6 heteroatoms. The average molecular weight is 431 g/mol. The molecule has 0 aliphatic heterocycles. The highest BCUT2D eigenvalue weighted by atomic mass is 32.2. The fourth-order valence-corrected chi connectivity index (χ4v) is 4.05. The summed E-state index contributed by atoms with van der Waals surface area (Å²) in [5.41, 5.74) is 2.11. The molecule has 2 aromatic rings. The SMILES string of the molecule is CCCNC(=O)[C@@H](CC)N(CCc1ccccc1)C(=O)CSCc1ccc(F)cc1. The molecule has 4 nitrogen and oxygen atoms in total. The van der Waals surface area contributed by atoms with E-state index in [2.05, 4.69) is 5.32 Å². The van der Waals surface area contributed by atoms with Gasteiger partial charge in [0.05, 0.1) is 5.75 Å². The van der Waals surface area contributed by atoms with Crippen molar-refractivity contribution in [3.8, 4) is 0 Å². The lowest BCUT2D eigenvalue weighted by Gasteiger charge is -2.30. The van der Waals surface area contributed by atoms with Crippen LogP contribution in [0.4, 0.5) is 4.39 Å². The van der Waals surface area contributed by atoms with Crippen LogP contribution >= 0.6 is 11.8 Å². The topological polar surface area (TPSA) is 49.4 Å². The Balaban J connectivity index is 2.02. The Labute approximate surface area is 183 Å². The molecule has 1 N–H and O–H groups in total. The standard InChI is InChI=1S/C24H31FN2O2S/c1-3-15-26-24(29)22(4-2)27(16-14-19-8-6-5-7-9-19)23(28)18-30-17-20-10-12-21(25)13-11-20/h5-13,22H,3-4,14-18H2,1-2H3,(H,26,29)/t22-/m1/s1. The van der Waals surface area contributed by atoms with E-state index in [0.29, 0.717) is 31.7 Å². The van der Waals surface area contributed by atoms with E-state index in [0.717, 1.165) is 17.5 Å². The minimum atomic E-state index is -0.473. The van der Waals surface area contributed by atoms with Crippen molar-refractivity contribution in [2.24, 2.45) is 0 Å². The molecule has 0 saturated carbocycles. The molecule has 0 aromatic heterocycles. The van der Waals surface area contributed by atoms with Gasteiger partial charge in [0, 0.05) is 18.8 Å². The highest BCUT2D eigenvalue weighted by Crippen LogP contribution is 2.16. The molecule has 0 saturated heterocycles. The normalized spacial score (nSPS) is 11.7. The van der Waals surface area contributed by atoms with Gasteiger partial charge in [0.25, 0.3) is 0 Å². The van der Waals surface area contributed by atoms with Crippen LogP contribution in [0.5, 0.6) is 0 Å². The Kier molecular flexibility index (Phi) is 10.4. The zero-order chi connectivity index (χ0) is 21.8. The second-order valence-electron chi connectivity index (χ2n) is 7.16. The predicted octanol–water partition coefficient (Wildman–Crippen LogP) is 4.44. The van der Waals surface area contributed by atoms with Gasteiger partial charge in [-0.15, -0.1) is 11.8 Å². The zero-order valence-corrected chi connectivity index (χ0v) is 18.6. The van der Waals surface area contributed by atoms with Crippen LogP contribution in [-0.2, 0) is 21.8 Å². The van der Waals surface area contributed by atoms with Gasteiger partial charge in [-0.25, -0.2) is 4.39 Å². The van der Waals surface area contributed by atoms with Crippen molar-refractivity contribution < 1.29 is 14.0 Å². The summed E-state index contributed by atoms with van der Waals surface area (Å²) in [6.45, 7) is 5.05. The lowest BCUT2D eigenvalue weighted by molar-refractivity contribution is -0.138. The fraction of sp³-hybridized carbons (Fsp3) is 0.417. The van der Waals surface area contributed by atoms with Gasteiger partial charge >= 0.3 is 0 Å². The molecule has 0 fully saturated rings. The van der Waals surface area contributed by atoms with Crippen LogP contribution in [0.3, 0.4) is 0 Å². The van der Waals surface area contributed by atoms with E-state index < -0.39 is 6.04 Å². The van der Waals surface area contributed by atoms with Gasteiger partial charge in [-0.1, -0.05) is 56.3 Å². The van der Waals surface area contributed by atoms with Crippen molar-refractivity contribution in [3.63, 3.8) is 0 Å². The van der Waals surface area contributed by atoms with Crippen LogP contribution in [-0.4, -0.2) is 41.6 Å². The molecule has 1 atom stereocenters. The number of halogens is 1. The molecular formula is C24H31FN2O2S. The number of hydrogen-bond donors (Lipinski definition) is 1.